The Kier molecular flexibility index (Phi) is 5.49. The van der Waals surface area contributed by atoms with E-state index in [9.17, 15) is 0 Å². The minimum absolute atomic E-state index is 0.331. The van der Waals surface area contributed by atoms with Gasteiger partial charge in [-0.2, -0.15) is 0 Å². The molecule has 0 nitrogen and oxygen atoms in total. The third kappa shape index (κ3) is 3.48. The number of thiophene rings is 1. The number of rotatable bonds is 2. The summed E-state index contributed by atoms with van der Waals surface area (Å²) in [7, 11) is 0. The fourth-order valence-corrected chi connectivity index (χ4v) is 10.4. The van der Waals surface area contributed by atoms with Gasteiger partial charge in [-0.1, -0.05) is 146 Å². The van der Waals surface area contributed by atoms with Crippen molar-refractivity contribution >= 4 is 43.7 Å². The van der Waals surface area contributed by atoms with Crippen molar-refractivity contribution in [3.63, 3.8) is 0 Å². The summed E-state index contributed by atoms with van der Waals surface area (Å²) in [6.07, 6.45) is 0. The second-order valence-corrected chi connectivity index (χ2v) is 14.8. The molecule has 11 rings (SSSR count). The van der Waals surface area contributed by atoms with Crippen LogP contribution in [0.25, 0.3) is 76.1 Å². The zero-order valence-corrected chi connectivity index (χ0v) is 27.8. The van der Waals surface area contributed by atoms with Crippen LogP contribution in [0.1, 0.15) is 27.1 Å². The van der Waals surface area contributed by atoms with Crippen LogP contribution in [0.5, 0.6) is 0 Å². The minimum Gasteiger partial charge on any atom is -0.140 e. The fourth-order valence-electron chi connectivity index (χ4n) is 9.31. The molecule has 2 aliphatic rings. The third-order valence-electron chi connectivity index (χ3n) is 11.2. The summed E-state index contributed by atoms with van der Waals surface area (Å²) in [5, 5.41) is 7.74. The summed E-state index contributed by atoms with van der Waals surface area (Å²) in [5.74, 6) is 0. The van der Waals surface area contributed by atoms with Crippen LogP contribution < -0.4 is 0 Å². The van der Waals surface area contributed by atoms with Crippen LogP contribution in [0, 0.1) is 6.92 Å². The van der Waals surface area contributed by atoms with Gasteiger partial charge in [-0.3, -0.25) is 0 Å². The average Bonchev–Trinajstić information content (AvgIpc) is 3.78. The van der Waals surface area contributed by atoms with Crippen molar-refractivity contribution < 1.29 is 0 Å². The maximum Gasteiger partial charge on any atom is 0.0734 e. The van der Waals surface area contributed by atoms with Crippen LogP contribution in [0.3, 0.4) is 0 Å². The van der Waals surface area contributed by atoms with Gasteiger partial charge in [0.05, 0.1) is 5.41 Å². The fraction of sp³-hybridized carbons (Fsp3) is 0.0417. The van der Waals surface area contributed by atoms with Gasteiger partial charge in [-0.15, -0.1) is 11.3 Å². The summed E-state index contributed by atoms with van der Waals surface area (Å²) in [6, 6.07) is 61.6. The molecule has 1 spiro atoms. The van der Waals surface area contributed by atoms with E-state index >= 15 is 0 Å². The predicted molar refractivity (Wildman–Crippen MR) is 209 cm³/mol. The molecule has 1 atom stereocenters. The first-order valence-electron chi connectivity index (χ1n) is 17.1. The molecule has 0 N–H and O–H groups in total. The summed E-state index contributed by atoms with van der Waals surface area (Å²) in [6.45, 7) is 2.26. The van der Waals surface area contributed by atoms with Crippen LogP contribution in [0.4, 0.5) is 0 Å². The highest BCUT2D eigenvalue weighted by Gasteiger charge is 2.52. The number of fused-ring (bicyclic) bond motifs is 15. The number of hydrogen-bond acceptors (Lipinski definition) is 1. The van der Waals surface area contributed by atoms with E-state index in [1.54, 1.807) is 0 Å². The van der Waals surface area contributed by atoms with E-state index in [2.05, 4.69) is 171 Å². The first-order valence-corrected chi connectivity index (χ1v) is 17.9. The van der Waals surface area contributed by atoms with E-state index in [4.69, 9.17) is 0 Å². The van der Waals surface area contributed by atoms with E-state index in [0.29, 0.717) is 0 Å². The molecule has 8 aromatic carbocycles. The molecule has 1 heterocycles. The van der Waals surface area contributed by atoms with E-state index in [1.807, 2.05) is 11.3 Å². The van der Waals surface area contributed by atoms with Gasteiger partial charge in [0.1, 0.15) is 0 Å². The Morgan fingerprint density at radius 2 is 0.898 bits per heavy atom. The van der Waals surface area contributed by atoms with Gasteiger partial charge >= 0.3 is 0 Å². The molecule has 0 amide bonds. The molecule has 0 saturated heterocycles. The maximum absolute atomic E-state index is 2.49. The van der Waals surface area contributed by atoms with E-state index in [-0.39, 0.29) is 5.41 Å². The average molecular weight is 639 g/mol. The molecule has 49 heavy (non-hydrogen) atoms. The van der Waals surface area contributed by atoms with Crippen molar-refractivity contribution in [1.29, 1.82) is 0 Å². The Labute approximate surface area is 289 Å². The van der Waals surface area contributed by atoms with E-state index in [0.717, 1.165) is 0 Å². The Balaban J connectivity index is 1.27. The molecule has 0 radical (unpaired) electrons. The predicted octanol–water partition coefficient (Wildman–Crippen LogP) is 13.2. The van der Waals surface area contributed by atoms with Crippen LogP contribution in [-0.4, -0.2) is 0 Å². The Morgan fingerprint density at radius 3 is 1.63 bits per heavy atom. The molecule has 0 fully saturated rings. The zero-order valence-electron chi connectivity index (χ0n) is 27.0. The molecular weight excluding hydrogens is 609 g/mol. The van der Waals surface area contributed by atoms with Gasteiger partial charge in [-0.25, -0.2) is 0 Å². The molecule has 9 aromatic rings. The Bertz CT molecular complexity index is 2840. The first-order chi connectivity index (χ1) is 24.2. The lowest BCUT2D eigenvalue weighted by atomic mass is 9.70. The molecule has 1 heteroatoms. The molecule has 0 aliphatic heterocycles. The standard InChI is InChI=1S/C48H30S/c1-29-26-45-47(49-29)37-21-10-12-24-43(37)48(45)42-23-11-9-20-36(42)46-35(22-13-25-44(46)48)39-28-41-32-17-6-5-16-31(32)38(30-14-3-2-4-15-30)27-40(41)34-19-8-7-18-33(34)39/h2-28H,1H3. The van der Waals surface area contributed by atoms with Crippen LogP contribution in [0.15, 0.2) is 164 Å². The smallest absolute Gasteiger partial charge is 0.0734 e. The van der Waals surface area contributed by atoms with Gasteiger partial charge in [0.25, 0.3) is 0 Å². The molecule has 2 aliphatic carbocycles. The highest BCUT2D eigenvalue weighted by molar-refractivity contribution is 7.15. The van der Waals surface area contributed by atoms with E-state index < -0.39 is 0 Å². The van der Waals surface area contributed by atoms with Crippen LogP contribution >= 0.6 is 11.3 Å². The van der Waals surface area contributed by atoms with Gasteiger partial charge in [-0.05, 0) is 119 Å². The quantitative estimate of drug-likeness (QED) is 0.165. The summed E-state index contributed by atoms with van der Waals surface area (Å²) >= 11 is 1.93. The van der Waals surface area contributed by atoms with Crippen molar-refractivity contribution in [3.05, 3.63) is 191 Å². The normalized spacial score (nSPS) is 15.5. The van der Waals surface area contributed by atoms with Crippen LogP contribution in [-0.2, 0) is 5.41 Å². The lowest BCUT2D eigenvalue weighted by Crippen LogP contribution is -2.25. The van der Waals surface area contributed by atoms with Crippen molar-refractivity contribution in [1.82, 2.24) is 0 Å². The van der Waals surface area contributed by atoms with Gasteiger partial charge < -0.3 is 0 Å². The van der Waals surface area contributed by atoms with Gasteiger partial charge in [0.2, 0.25) is 0 Å². The SMILES string of the molecule is Cc1cc2c(s1)-c1ccccc1C21c2ccccc2-c2c(-c3cc4c5ccccc5c(-c5ccccc5)cc4c4ccccc34)cccc21. The molecule has 0 saturated carbocycles. The number of aryl methyl sites for hydroxylation is 1. The Morgan fingerprint density at radius 1 is 0.367 bits per heavy atom. The second kappa shape index (κ2) is 9.89. The molecule has 228 valence electrons. The van der Waals surface area contributed by atoms with Crippen LogP contribution in [0.2, 0.25) is 0 Å². The maximum atomic E-state index is 2.49. The summed E-state index contributed by atoms with van der Waals surface area (Å²) in [4.78, 5) is 2.78. The third-order valence-corrected chi connectivity index (χ3v) is 12.2. The molecule has 1 unspecified atom stereocenters. The summed E-state index contributed by atoms with van der Waals surface area (Å²) in [5.41, 5.74) is 14.5. The van der Waals surface area contributed by atoms with Crippen molar-refractivity contribution in [3.8, 4) is 43.8 Å². The molecule has 0 bridgehead atoms. The minimum atomic E-state index is -0.331. The van der Waals surface area contributed by atoms with Crippen molar-refractivity contribution in [2.24, 2.45) is 0 Å². The highest BCUT2D eigenvalue weighted by Crippen LogP contribution is 2.65. The van der Waals surface area contributed by atoms with Crippen molar-refractivity contribution in [2.45, 2.75) is 12.3 Å². The topological polar surface area (TPSA) is 0 Å². The van der Waals surface area contributed by atoms with Gasteiger partial charge in [0, 0.05) is 9.75 Å². The lowest BCUT2D eigenvalue weighted by Gasteiger charge is -2.30. The lowest BCUT2D eigenvalue weighted by molar-refractivity contribution is 0.795. The monoisotopic (exact) mass is 638 g/mol. The Hall–Kier alpha value is -5.76. The first kappa shape index (κ1) is 27.2. The second-order valence-electron chi connectivity index (χ2n) is 13.6. The number of hydrogen-bond donors (Lipinski definition) is 0. The zero-order chi connectivity index (χ0) is 32.3. The van der Waals surface area contributed by atoms with Gasteiger partial charge in [0.15, 0.2) is 0 Å². The largest absolute Gasteiger partial charge is 0.140 e. The highest BCUT2D eigenvalue weighted by atomic mass is 32.1. The van der Waals surface area contributed by atoms with Crippen molar-refractivity contribution in [2.75, 3.05) is 0 Å². The summed E-state index contributed by atoms with van der Waals surface area (Å²) < 4.78 is 0. The van der Waals surface area contributed by atoms with E-state index in [1.165, 1.54) is 103 Å². The molecular formula is C48H30S. The molecule has 1 aromatic heterocycles. The number of benzene rings is 8.